The minimum absolute atomic E-state index is 0.00693. The summed E-state index contributed by atoms with van der Waals surface area (Å²) in [6, 6.07) is 13.1. The second-order valence-electron chi connectivity index (χ2n) is 7.52. The highest BCUT2D eigenvalue weighted by atomic mass is 79.9. The summed E-state index contributed by atoms with van der Waals surface area (Å²) in [7, 11) is 1.51. The number of nitro groups is 1. The van der Waals surface area contributed by atoms with Crippen LogP contribution in [0, 0.1) is 17.0 Å². The van der Waals surface area contributed by atoms with E-state index < -0.39 is 4.92 Å². The molecule has 0 amide bonds. The Labute approximate surface area is 230 Å². The largest absolute Gasteiger partial charge is 0.493 e. The highest BCUT2D eigenvalue weighted by Crippen LogP contribution is 2.42. The van der Waals surface area contributed by atoms with Crippen molar-refractivity contribution in [1.29, 1.82) is 0 Å². The Morgan fingerprint density at radius 1 is 1.11 bits per heavy atom. The fraction of sp³-hybridized carbons (Fsp3) is 0.125. The normalized spacial score (nSPS) is 11.2. The van der Waals surface area contributed by atoms with Crippen LogP contribution >= 0.6 is 47.8 Å². The number of aryl methyl sites for hydroxylation is 1. The van der Waals surface area contributed by atoms with Gasteiger partial charge in [-0.15, -0.1) is 0 Å². The zero-order chi connectivity index (χ0) is 26.0. The van der Waals surface area contributed by atoms with Crippen molar-refractivity contribution in [1.82, 2.24) is 9.66 Å². The maximum absolute atomic E-state index is 13.0. The van der Waals surface area contributed by atoms with Crippen molar-refractivity contribution in [2.75, 3.05) is 7.11 Å². The van der Waals surface area contributed by atoms with Gasteiger partial charge in [0.1, 0.15) is 12.4 Å². The molecule has 0 N–H and O–H groups in total. The molecule has 0 radical (unpaired) electrons. The van der Waals surface area contributed by atoms with Gasteiger partial charge in [0.25, 0.3) is 11.2 Å². The van der Waals surface area contributed by atoms with Crippen LogP contribution in [-0.4, -0.2) is 27.9 Å². The zero-order valence-corrected chi connectivity index (χ0v) is 23.6. The number of nitro benzene ring substituents is 1. The summed E-state index contributed by atoms with van der Waals surface area (Å²) in [5, 5.41) is 15.7. The lowest BCUT2D eigenvalue weighted by Gasteiger charge is -2.15. The molecule has 4 aromatic rings. The number of hydrogen-bond acceptors (Lipinski definition) is 7. The molecule has 0 aliphatic rings. The first-order valence-electron chi connectivity index (χ1n) is 10.3. The molecule has 12 heteroatoms. The second-order valence-corrected chi connectivity index (χ2v) is 10.0. The predicted octanol–water partition coefficient (Wildman–Crippen LogP) is 6.37. The van der Waals surface area contributed by atoms with Crippen molar-refractivity contribution in [2.24, 2.45) is 5.10 Å². The number of hydrogen-bond donors (Lipinski definition) is 0. The lowest BCUT2D eigenvalue weighted by Crippen LogP contribution is -2.20. The third kappa shape index (κ3) is 5.35. The zero-order valence-electron chi connectivity index (χ0n) is 18.9. The average Bonchev–Trinajstić information content (AvgIpc) is 2.86. The molecular weight excluding hydrogens is 664 g/mol. The van der Waals surface area contributed by atoms with Crippen molar-refractivity contribution in [3.8, 4) is 11.5 Å². The van der Waals surface area contributed by atoms with E-state index in [2.05, 4.69) is 57.9 Å². The number of rotatable bonds is 7. The van der Waals surface area contributed by atoms with Gasteiger partial charge in [-0.25, -0.2) is 4.98 Å². The van der Waals surface area contributed by atoms with Crippen molar-refractivity contribution >= 4 is 70.6 Å². The molecule has 0 spiro atoms. The summed E-state index contributed by atoms with van der Waals surface area (Å²) in [4.78, 5) is 27.9. The lowest BCUT2D eigenvalue weighted by molar-refractivity contribution is -0.384. The number of methoxy groups -OCH3 is 1. The molecular formula is C24H17Br3N4O5. The minimum Gasteiger partial charge on any atom is -0.493 e. The average molecular weight is 681 g/mol. The van der Waals surface area contributed by atoms with Crippen LogP contribution in [0.25, 0.3) is 10.9 Å². The van der Waals surface area contributed by atoms with Crippen LogP contribution in [0.3, 0.4) is 0 Å². The maximum atomic E-state index is 13.0. The molecule has 3 aromatic carbocycles. The summed E-state index contributed by atoms with van der Waals surface area (Å²) in [5.41, 5.74) is 1.68. The van der Waals surface area contributed by atoms with Gasteiger partial charge in [-0.2, -0.15) is 9.78 Å². The van der Waals surface area contributed by atoms with E-state index in [9.17, 15) is 14.9 Å². The fourth-order valence-corrected chi connectivity index (χ4v) is 4.67. The van der Waals surface area contributed by atoms with Gasteiger partial charge in [-0.05, 0) is 80.7 Å². The highest BCUT2D eigenvalue weighted by Gasteiger charge is 2.17. The number of nitrogens with zero attached hydrogens (tertiary/aromatic N) is 4. The van der Waals surface area contributed by atoms with Crippen molar-refractivity contribution < 1.29 is 14.4 Å². The Hall–Kier alpha value is -3.09. The van der Waals surface area contributed by atoms with E-state index in [1.807, 2.05) is 6.07 Å². The molecule has 9 nitrogen and oxygen atoms in total. The Bertz CT molecular complexity index is 1570. The van der Waals surface area contributed by atoms with Gasteiger partial charge in [0.2, 0.25) is 0 Å². The Morgan fingerprint density at radius 3 is 2.50 bits per heavy atom. The van der Waals surface area contributed by atoms with E-state index in [0.717, 1.165) is 10.0 Å². The van der Waals surface area contributed by atoms with E-state index in [0.29, 0.717) is 42.7 Å². The Balaban J connectivity index is 1.65. The van der Waals surface area contributed by atoms with Gasteiger partial charge in [0.05, 0.1) is 33.6 Å². The van der Waals surface area contributed by atoms with Gasteiger partial charge < -0.3 is 9.47 Å². The van der Waals surface area contributed by atoms with Crippen LogP contribution in [0.1, 0.15) is 17.0 Å². The predicted molar refractivity (Wildman–Crippen MR) is 147 cm³/mol. The number of ether oxygens (including phenoxy) is 2. The molecule has 184 valence electrons. The molecule has 36 heavy (non-hydrogen) atoms. The summed E-state index contributed by atoms with van der Waals surface area (Å²) in [5.74, 6) is 1.31. The third-order valence-corrected chi connectivity index (χ3v) is 7.82. The van der Waals surface area contributed by atoms with Gasteiger partial charge >= 0.3 is 0 Å². The first-order valence-corrected chi connectivity index (χ1v) is 12.7. The number of fused-ring (bicyclic) bond motifs is 1. The SMILES string of the molecule is COc1cc(C=Nn2c(C)nc3ccc(Br)cc3c2=O)c(Br)c(Br)c1OCc1ccc([N+](=O)[O-])cc1. The Morgan fingerprint density at radius 2 is 1.83 bits per heavy atom. The van der Waals surface area contributed by atoms with Gasteiger partial charge in [0.15, 0.2) is 11.5 Å². The van der Waals surface area contributed by atoms with Crippen molar-refractivity contribution in [3.63, 3.8) is 0 Å². The first-order chi connectivity index (χ1) is 17.2. The summed E-state index contributed by atoms with van der Waals surface area (Å²) in [6.45, 7) is 1.88. The molecule has 0 saturated carbocycles. The molecule has 0 fully saturated rings. The van der Waals surface area contributed by atoms with Crippen molar-refractivity contribution in [3.05, 3.63) is 99.4 Å². The number of non-ortho nitro benzene ring substituents is 1. The molecule has 0 unspecified atom stereocenters. The second kappa shape index (κ2) is 10.9. The molecule has 4 rings (SSSR count). The summed E-state index contributed by atoms with van der Waals surface area (Å²) >= 11 is 10.5. The standard InChI is InChI=1S/C24H17Br3N4O5/c1-13-29-19-8-5-16(25)10-18(19)24(32)30(13)28-11-15-9-20(35-2)23(22(27)21(15)26)36-12-14-3-6-17(7-4-14)31(33)34/h3-11H,12H2,1-2H3. The third-order valence-electron chi connectivity index (χ3n) is 5.19. The van der Waals surface area contributed by atoms with E-state index in [-0.39, 0.29) is 17.9 Å². The molecule has 0 aliphatic carbocycles. The quantitative estimate of drug-likeness (QED) is 0.128. The molecule has 0 bridgehead atoms. The van der Waals surface area contributed by atoms with Crippen molar-refractivity contribution in [2.45, 2.75) is 13.5 Å². The molecule has 0 saturated heterocycles. The minimum atomic E-state index is -0.454. The monoisotopic (exact) mass is 678 g/mol. The smallest absolute Gasteiger partial charge is 0.282 e. The Kier molecular flexibility index (Phi) is 7.86. The number of halogens is 3. The fourth-order valence-electron chi connectivity index (χ4n) is 3.37. The highest BCUT2D eigenvalue weighted by molar-refractivity contribution is 9.13. The number of aromatic nitrogens is 2. The molecule has 0 atom stereocenters. The van der Waals surface area contributed by atoms with E-state index in [4.69, 9.17) is 9.47 Å². The van der Waals surface area contributed by atoms with E-state index in [1.54, 1.807) is 37.3 Å². The van der Waals surface area contributed by atoms with Crippen LogP contribution in [0.2, 0.25) is 0 Å². The van der Waals surface area contributed by atoms with Gasteiger partial charge in [-0.1, -0.05) is 15.9 Å². The van der Waals surface area contributed by atoms with Crippen LogP contribution in [0.5, 0.6) is 11.5 Å². The first kappa shape index (κ1) is 26.0. The summed E-state index contributed by atoms with van der Waals surface area (Å²) in [6.07, 6.45) is 1.53. The van der Waals surface area contributed by atoms with Gasteiger partial charge in [-0.3, -0.25) is 14.9 Å². The van der Waals surface area contributed by atoms with Gasteiger partial charge in [0, 0.05) is 26.6 Å². The van der Waals surface area contributed by atoms with E-state index >= 15 is 0 Å². The van der Waals surface area contributed by atoms with Crippen LogP contribution < -0.4 is 15.0 Å². The summed E-state index contributed by atoms with van der Waals surface area (Å²) < 4.78 is 14.7. The maximum Gasteiger partial charge on any atom is 0.282 e. The van der Waals surface area contributed by atoms with Crippen LogP contribution in [-0.2, 0) is 6.61 Å². The molecule has 1 aromatic heterocycles. The van der Waals surface area contributed by atoms with Crippen LogP contribution in [0.15, 0.2) is 71.8 Å². The lowest BCUT2D eigenvalue weighted by atomic mass is 10.2. The van der Waals surface area contributed by atoms with Crippen LogP contribution in [0.4, 0.5) is 5.69 Å². The van der Waals surface area contributed by atoms with E-state index in [1.165, 1.54) is 30.1 Å². The molecule has 1 heterocycles. The number of benzene rings is 3. The topological polar surface area (TPSA) is 109 Å². The molecule has 0 aliphatic heterocycles.